The van der Waals surface area contributed by atoms with Gasteiger partial charge >= 0.3 is 0 Å². The molecule has 0 amide bonds. The summed E-state index contributed by atoms with van der Waals surface area (Å²) in [6, 6.07) is 0.760. The number of nitrogens with one attached hydrogen (secondary N) is 6. The highest BCUT2D eigenvalue weighted by Crippen LogP contribution is 2.27. The molecule has 1 fully saturated rings. The highest BCUT2D eigenvalue weighted by molar-refractivity contribution is 5.30. The maximum Gasteiger partial charge on any atom is 0.136 e. The molecule has 0 saturated carbocycles. The number of allylic oxidation sites excluding steroid dienone is 1. The Balaban J connectivity index is 1.88. The van der Waals surface area contributed by atoms with Crippen molar-refractivity contribution in [3.63, 3.8) is 0 Å². The van der Waals surface area contributed by atoms with Crippen LogP contribution in [0.2, 0.25) is 0 Å². The van der Waals surface area contributed by atoms with Crippen molar-refractivity contribution in [3.8, 4) is 0 Å². The fraction of sp³-hybridized carbons (Fsp3) is 0.826. The molecule has 32 heavy (non-hydrogen) atoms. The van der Waals surface area contributed by atoms with Crippen molar-refractivity contribution in [2.24, 2.45) is 5.92 Å². The van der Waals surface area contributed by atoms with E-state index in [0.717, 1.165) is 51.6 Å². The van der Waals surface area contributed by atoms with Gasteiger partial charge in [0.25, 0.3) is 0 Å². The summed E-state index contributed by atoms with van der Waals surface area (Å²) in [6.07, 6.45) is 3.35. The Morgan fingerprint density at radius 3 is 2.75 bits per heavy atom. The van der Waals surface area contributed by atoms with Crippen molar-refractivity contribution in [2.45, 2.75) is 72.5 Å². The molecule has 9 heteroatoms. The molecule has 0 aromatic rings. The highest BCUT2D eigenvalue weighted by atomic mass is 16.5. The highest BCUT2D eigenvalue weighted by Gasteiger charge is 2.41. The summed E-state index contributed by atoms with van der Waals surface area (Å²) < 4.78 is 5.68. The van der Waals surface area contributed by atoms with E-state index in [1.807, 2.05) is 6.92 Å². The Labute approximate surface area is 194 Å². The van der Waals surface area contributed by atoms with Crippen LogP contribution >= 0.6 is 0 Å². The first-order valence-electron chi connectivity index (χ1n) is 12.5. The van der Waals surface area contributed by atoms with E-state index < -0.39 is 0 Å². The molecule has 4 atom stereocenters. The smallest absolute Gasteiger partial charge is 0.136 e. The molecule has 3 aliphatic rings. The van der Waals surface area contributed by atoms with Crippen molar-refractivity contribution in [1.82, 2.24) is 41.9 Å². The van der Waals surface area contributed by atoms with Crippen LogP contribution in [0, 0.1) is 5.92 Å². The molecule has 3 rings (SSSR count). The molecule has 3 aliphatic heterocycles. The van der Waals surface area contributed by atoms with Gasteiger partial charge in [-0.05, 0) is 39.2 Å². The Morgan fingerprint density at radius 2 is 2.09 bits per heavy atom. The van der Waals surface area contributed by atoms with Crippen molar-refractivity contribution in [3.05, 3.63) is 23.3 Å². The van der Waals surface area contributed by atoms with E-state index in [9.17, 15) is 0 Å². The van der Waals surface area contributed by atoms with E-state index in [0.29, 0.717) is 18.6 Å². The lowest BCUT2D eigenvalue weighted by Gasteiger charge is -2.44. The van der Waals surface area contributed by atoms with Crippen LogP contribution in [0.3, 0.4) is 0 Å². The number of ether oxygens (including phenoxy) is 1. The quantitative estimate of drug-likeness (QED) is 0.254. The first-order chi connectivity index (χ1) is 15.5. The van der Waals surface area contributed by atoms with Crippen molar-refractivity contribution >= 4 is 0 Å². The van der Waals surface area contributed by atoms with Crippen molar-refractivity contribution < 1.29 is 4.74 Å². The minimum absolute atomic E-state index is 0.0174. The second-order valence-corrected chi connectivity index (χ2v) is 9.23. The van der Waals surface area contributed by atoms with Crippen LogP contribution in [0.25, 0.3) is 0 Å². The topological polar surface area (TPSA) is 87.9 Å². The Bertz CT molecular complexity index is 652. The fourth-order valence-electron chi connectivity index (χ4n) is 4.68. The molecule has 184 valence electrons. The monoisotopic (exact) mass is 450 g/mol. The third-order valence-electron chi connectivity index (χ3n) is 6.12. The molecule has 0 bridgehead atoms. The van der Waals surface area contributed by atoms with Crippen LogP contribution < -0.4 is 32.0 Å². The number of rotatable bonds is 11. The zero-order valence-electron chi connectivity index (χ0n) is 20.9. The lowest BCUT2D eigenvalue weighted by molar-refractivity contribution is 0.0801. The summed E-state index contributed by atoms with van der Waals surface area (Å²) in [4.78, 5) is 2.51. The molecule has 6 N–H and O–H groups in total. The first-order valence-corrected chi connectivity index (χ1v) is 12.5. The summed E-state index contributed by atoms with van der Waals surface area (Å²) in [5, 5.41) is 20.8. The van der Waals surface area contributed by atoms with E-state index in [2.05, 4.69) is 82.6 Å². The van der Waals surface area contributed by atoms with Gasteiger partial charge < -0.3 is 31.0 Å². The van der Waals surface area contributed by atoms with Gasteiger partial charge in [-0.15, -0.1) is 0 Å². The molecule has 0 aromatic carbocycles. The molecule has 0 aliphatic carbocycles. The minimum Gasteiger partial charge on any atom is -0.380 e. The van der Waals surface area contributed by atoms with E-state index >= 15 is 0 Å². The van der Waals surface area contributed by atoms with E-state index in [1.54, 1.807) is 0 Å². The molecular formula is C23H46N8O. The predicted octanol–water partition coefficient (Wildman–Crippen LogP) is 0.626. The number of hydrogen-bond donors (Lipinski definition) is 6. The maximum absolute atomic E-state index is 5.68. The molecule has 0 spiro atoms. The molecule has 3 heterocycles. The van der Waals surface area contributed by atoms with Gasteiger partial charge in [0.1, 0.15) is 12.5 Å². The van der Waals surface area contributed by atoms with Crippen LogP contribution in [-0.4, -0.2) is 80.4 Å². The fourth-order valence-corrected chi connectivity index (χ4v) is 4.68. The number of piperazine rings is 1. The Kier molecular flexibility index (Phi) is 9.48. The van der Waals surface area contributed by atoms with Gasteiger partial charge in [-0.1, -0.05) is 20.8 Å². The minimum atomic E-state index is -0.0174. The Hall–Kier alpha value is -1.52. The van der Waals surface area contributed by atoms with Gasteiger partial charge in [-0.2, -0.15) is 0 Å². The van der Waals surface area contributed by atoms with E-state index in [-0.39, 0.29) is 18.5 Å². The van der Waals surface area contributed by atoms with Gasteiger partial charge in [-0.25, -0.2) is 5.43 Å². The zero-order chi connectivity index (χ0) is 23.1. The number of nitrogens with zero attached hydrogens (tertiary/aromatic N) is 2. The lowest BCUT2D eigenvalue weighted by atomic mass is 10.1. The number of hydrogen-bond acceptors (Lipinski definition) is 9. The van der Waals surface area contributed by atoms with Gasteiger partial charge in [0.15, 0.2) is 0 Å². The van der Waals surface area contributed by atoms with Crippen LogP contribution in [-0.2, 0) is 4.74 Å². The van der Waals surface area contributed by atoms with Gasteiger partial charge in [0, 0.05) is 38.8 Å². The standard InChI is InChI=1S/C23H46N8O/c1-7-18-20-21(31(29-18)12-13-32-9-3)22(26-19(24-8-2)14-16(4)5)28-23(27-20)30-11-10-25-17(6)15-30/h14,16-18,22-29H,7-13,15H2,1-6H3/b19-14+/t17-,18?,22?,23?/m1/s1. The van der Waals surface area contributed by atoms with Crippen LogP contribution in [0.1, 0.15) is 48.0 Å². The predicted molar refractivity (Wildman–Crippen MR) is 130 cm³/mol. The third-order valence-corrected chi connectivity index (χ3v) is 6.12. The molecular weight excluding hydrogens is 404 g/mol. The summed E-state index contributed by atoms with van der Waals surface area (Å²) in [6.45, 7) is 19.3. The summed E-state index contributed by atoms with van der Waals surface area (Å²) in [7, 11) is 0. The second-order valence-electron chi connectivity index (χ2n) is 9.23. The van der Waals surface area contributed by atoms with Crippen LogP contribution in [0.5, 0.6) is 0 Å². The van der Waals surface area contributed by atoms with Gasteiger partial charge in [0.2, 0.25) is 0 Å². The Morgan fingerprint density at radius 1 is 1.28 bits per heavy atom. The van der Waals surface area contributed by atoms with Crippen LogP contribution in [0.15, 0.2) is 23.3 Å². The molecule has 0 radical (unpaired) electrons. The summed E-state index contributed by atoms with van der Waals surface area (Å²) in [5.41, 5.74) is 6.24. The third kappa shape index (κ3) is 6.29. The van der Waals surface area contributed by atoms with Crippen molar-refractivity contribution in [1.29, 1.82) is 0 Å². The largest absolute Gasteiger partial charge is 0.380 e. The molecule has 9 nitrogen and oxygen atoms in total. The summed E-state index contributed by atoms with van der Waals surface area (Å²) >= 11 is 0. The number of hydrazine groups is 1. The average Bonchev–Trinajstić information content (AvgIpc) is 3.11. The van der Waals surface area contributed by atoms with E-state index in [4.69, 9.17) is 4.74 Å². The first kappa shape index (κ1) is 25.1. The summed E-state index contributed by atoms with van der Waals surface area (Å²) in [5.74, 6) is 1.53. The van der Waals surface area contributed by atoms with Crippen LogP contribution in [0.4, 0.5) is 0 Å². The van der Waals surface area contributed by atoms with Gasteiger partial charge in [-0.3, -0.25) is 10.2 Å². The molecule has 1 saturated heterocycles. The maximum atomic E-state index is 5.68. The van der Waals surface area contributed by atoms with E-state index in [1.165, 1.54) is 11.4 Å². The normalized spacial score (nSPS) is 29.3. The van der Waals surface area contributed by atoms with Crippen molar-refractivity contribution in [2.75, 3.05) is 45.9 Å². The SMILES string of the molecule is CCN/C(=C\C(C)C)NC1NC(N2CCN[C@H](C)C2)NC2=C1N(CCOCC)NC2CC. The molecule has 0 aromatic heterocycles. The van der Waals surface area contributed by atoms with Gasteiger partial charge in [0.05, 0.1) is 36.4 Å². The second kappa shape index (κ2) is 12.1. The lowest BCUT2D eigenvalue weighted by Crippen LogP contribution is -2.68. The molecule has 3 unspecified atom stereocenters. The average molecular weight is 451 g/mol. The zero-order valence-corrected chi connectivity index (χ0v) is 20.9.